The molecule has 0 fully saturated rings. The van der Waals surface area contributed by atoms with E-state index in [1.165, 1.54) is 0 Å². The summed E-state index contributed by atoms with van der Waals surface area (Å²) < 4.78 is 22.6. The van der Waals surface area contributed by atoms with Crippen molar-refractivity contribution in [2.24, 2.45) is 0 Å². The molecular formula is C4H7F2NOS. The molecule has 0 heterocycles. The molecule has 0 aliphatic rings. The van der Waals surface area contributed by atoms with Gasteiger partial charge < -0.3 is 5.32 Å². The molecule has 0 saturated carbocycles. The molecule has 5 heteroatoms. The van der Waals surface area contributed by atoms with Crippen molar-refractivity contribution in [2.45, 2.75) is 6.43 Å². The lowest BCUT2D eigenvalue weighted by atomic mass is 10.6. The van der Waals surface area contributed by atoms with Crippen molar-refractivity contribution >= 4 is 18.5 Å². The predicted octanol–water partition coefficient (Wildman–Crippen LogP) is 0.297. The lowest BCUT2D eigenvalue weighted by Gasteiger charge is -1.99. The first-order chi connectivity index (χ1) is 4.18. The van der Waals surface area contributed by atoms with Gasteiger partial charge in [0.05, 0.1) is 0 Å². The van der Waals surface area contributed by atoms with Gasteiger partial charge in [0.15, 0.2) is 0 Å². The summed E-state index contributed by atoms with van der Waals surface area (Å²) in [5.74, 6) is -0.859. The van der Waals surface area contributed by atoms with Crippen LogP contribution in [0.15, 0.2) is 0 Å². The number of hydrogen-bond acceptors (Lipinski definition) is 2. The Balaban J connectivity index is 3.28. The molecule has 0 aromatic heterocycles. The van der Waals surface area contributed by atoms with Crippen LogP contribution in [0.2, 0.25) is 0 Å². The Bertz CT molecular complexity index is 98.6. The van der Waals surface area contributed by atoms with Gasteiger partial charge in [0, 0.05) is 12.3 Å². The highest BCUT2D eigenvalue weighted by atomic mass is 32.1. The number of hydrogen-bond donors (Lipinski definition) is 2. The number of halogens is 2. The van der Waals surface area contributed by atoms with Crippen LogP contribution in [0.4, 0.5) is 8.78 Å². The standard InChI is InChI=1S/C4H7F2NOS/c5-3(6)4(8)7-1-2-9/h3,9H,1-2H2,(H,7,8). The SMILES string of the molecule is O=C(NCCS)C(F)F. The zero-order valence-corrected chi connectivity index (χ0v) is 5.50. The Morgan fingerprint density at radius 2 is 2.22 bits per heavy atom. The lowest BCUT2D eigenvalue weighted by molar-refractivity contribution is -0.131. The van der Waals surface area contributed by atoms with Gasteiger partial charge in [-0.15, -0.1) is 0 Å². The minimum atomic E-state index is -2.91. The van der Waals surface area contributed by atoms with E-state index in [1.54, 1.807) is 0 Å². The van der Waals surface area contributed by atoms with E-state index in [2.05, 4.69) is 12.6 Å². The van der Waals surface area contributed by atoms with Gasteiger partial charge in [0.2, 0.25) is 0 Å². The first kappa shape index (κ1) is 8.68. The fourth-order valence-electron chi connectivity index (χ4n) is 0.256. The van der Waals surface area contributed by atoms with Gasteiger partial charge >= 0.3 is 6.43 Å². The average Bonchev–Trinajstić information content (AvgIpc) is 1.82. The zero-order chi connectivity index (χ0) is 7.28. The zero-order valence-electron chi connectivity index (χ0n) is 4.60. The molecule has 1 N–H and O–H groups in total. The molecule has 0 aliphatic heterocycles. The Hall–Kier alpha value is -0.320. The molecule has 0 unspecified atom stereocenters. The normalized spacial score (nSPS) is 9.78. The second-order valence-electron chi connectivity index (χ2n) is 1.32. The molecule has 0 aliphatic carbocycles. The molecule has 0 spiro atoms. The fourth-order valence-corrected chi connectivity index (χ4v) is 0.368. The van der Waals surface area contributed by atoms with Gasteiger partial charge in [-0.1, -0.05) is 0 Å². The largest absolute Gasteiger partial charge is 0.350 e. The van der Waals surface area contributed by atoms with Gasteiger partial charge in [0.1, 0.15) is 0 Å². The second-order valence-corrected chi connectivity index (χ2v) is 1.76. The van der Waals surface area contributed by atoms with Gasteiger partial charge in [-0.3, -0.25) is 4.79 Å². The third kappa shape index (κ3) is 4.20. The van der Waals surface area contributed by atoms with Crippen LogP contribution in [-0.2, 0) is 4.79 Å². The van der Waals surface area contributed by atoms with Crippen molar-refractivity contribution in [1.82, 2.24) is 5.32 Å². The van der Waals surface area contributed by atoms with Crippen LogP contribution in [0.25, 0.3) is 0 Å². The molecule has 54 valence electrons. The average molecular weight is 155 g/mol. The smallest absolute Gasteiger partial charge is 0.315 e. The summed E-state index contributed by atoms with van der Waals surface area (Å²) in [6.45, 7) is 0.187. The summed E-state index contributed by atoms with van der Waals surface area (Å²) >= 11 is 3.70. The van der Waals surface area contributed by atoms with Crippen molar-refractivity contribution in [2.75, 3.05) is 12.3 Å². The molecule has 0 aromatic carbocycles. The van der Waals surface area contributed by atoms with Gasteiger partial charge in [-0.05, 0) is 0 Å². The van der Waals surface area contributed by atoms with Crippen LogP contribution >= 0.6 is 12.6 Å². The molecule has 2 nitrogen and oxygen atoms in total. The van der Waals surface area contributed by atoms with Crippen LogP contribution in [-0.4, -0.2) is 24.6 Å². The molecule has 0 radical (unpaired) electrons. The van der Waals surface area contributed by atoms with E-state index >= 15 is 0 Å². The number of rotatable bonds is 3. The molecule has 0 aromatic rings. The first-order valence-electron chi connectivity index (χ1n) is 2.35. The highest BCUT2D eigenvalue weighted by molar-refractivity contribution is 7.80. The van der Waals surface area contributed by atoms with Crippen molar-refractivity contribution in [1.29, 1.82) is 0 Å². The Morgan fingerprint density at radius 1 is 1.67 bits per heavy atom. The quantitative estimate of drug-likeness (QED) is 0.564. The van der Waals surface area contributed by atoms with Crippen molar-refractivity contribution in [3.05, 3.63) is 0 Å². The van der Waals surface area contributed by atoms with E-state index in [0.29, 0.717) is 5.75 Å². The summed E-state index contributed by atoms with van der Waals surface area (Å²) in [7, 11) is 0. The lowest BCUT2D eigenvalue weighted by Crippen LogP contribution is -2.30. The number of carbonyl (C=O) groups excluding carboxylic acids is 1. The number of thiol groups is 1. The van der Waals surface area contributed by atoms with Gasteiger partial charge in [0.25, 0.3) is 5.91 Å². The van der Waals surface area contributed by atoms with Crippen LogP contribution in [0.3, 0.4) is 0 Å². The maximum absolute atomic E-state index is 11.3. The maximum atomic E-state index is 11.3. The van der Waals surface area contributed by atoms with Crippen LogP contribution in [0, 0.1) is 0 Å². The van der Waals surface area contributed by atoms with Crippen LogP contribution in [0.1, 0.15) is 0 Å². The third-order valence-electron chi connectivity index (χ3n) is 0.609. The topological polar surface area (TPSA) is 29.1 Å². The molecule has 0 bridgehead atoms. The maximum Gasteiger partial charge on any atom is 0.315 e. The first-order valence-corrected chi connectivity index (χ1v) is 2.98. The van der Waals surface area contributed by atoms with E-state index < -0.39 is 12.3 Å². The Labute approximate surface area is 57.0 Å². The fraction of sp³-hybridized carbons (Fsp3) is 0.750. The molecule has 0 atom stereocenters. The summed E-state index contributed by atoms with van der Waals surface area (Å²) in [5.41, 5.74) is 0. The predicted molar refractivity (Wildman–Crippen MR) is 32.9 cm³/mol. The minimum absolute atomic E-state index is 0.187. The monoisotopic (exact) mass is 155 g/mol. The summed E-state index contributed by atoms with van der Waals surface area (Å²) in [6.07, 6.45) is -2.91. The van der Waals surface area contributed by atoms with E-state index in [9.17, 15) is 13.6 Å². The Morgan fingerprint density at radius 3 is 2.56 bits per heavy atom. The van der Waals surface area contributed by atoms with E-state index in [1.807, 2.05) is 5.32 Å². The molecule has 0 rings (SSSR count). The van der Waals surface area contributed by atoms with Crippen LogP contribution in [0.5, 0.6) is 0 Å². The van der Waals surface area contributed by atoms with Crippen molar-refractivity contribution < 1.29 is 13.6 Å². The highest BCUT2D eigenvalue weighted by Gasteiger charge is 2.12. The molecular weight excluding hydrogens is 148 g/mol. The minimum Gasteiger partial charge on any atom is -0.350 e. The van der Waals surface area contributed by atoms with Crippen LogP contribution < -0.4 is 5.32 Å². The van der Waals surface area contributed by atoms with E-state index in [4.69, 9.17) is 0 Å². The van der Waals surface area contributed by atoms with Crippen molar-refractivity contribution in [3.8, 4) is 0 Å². The van der Waals surface area contributed by atoms with Gasteiger partial charge in [-0.25, -0.2) is 0 Å². The molecule has 0 saturated heterocycles. The summed E-state index contributed by atoms with van der Waals surface area (Å²) in [4.78, 5) is 10.0. The third-order valence-corrected chi connectivity index (χ3v) is 0.833. The van der Waals surface area contributed by atoms with E-state index in [0.717, 1.165) is 0 Å². The number of nitrogens with one attached hydrogen (secondary N) is 1. The number of alkyl halides is 2. The number of amides is 1. The Kier molecular flexibility index (Phi) is 4.39. The van der Waals surface area contributed by atoms with E-state index in [-0.39, 0.29) is 6.54 Å². The molecule has 9 heavy (non-hydrogen) atoms. The molecule has 1 amide bonds. The number of carbonyl (C=O) groups is 1. The summed E-state index contributed by atoms with van der Waals surface area (Å²) in [6, 6.07) is 0. The summed E-state index contributed by atoms with van der Waals surface area (Å²) in [5, 5.41) is 1.97. The second kappa shape index (κ2) is 4.55. The van der Waals surface area contributed by atoms with Gasteiger partial charge in [-0.2, -0.15) is 21.4 Å². The highest BCUT2D eigenvalue weighted by Crippen LogP contribution is 1.89. The van der Waals surface area contributed by atoms with Crippen molar-refractivity contribution in [3.63, 3.8) is 0 Å².